The maximum absolute atomic E-state index is 3.55. The lowest BCUT2D eigenvalue weighted by Gasteiger charge is -2.26. The summed E-state index contributed by atoms with van der Waals surface area (Å²) in [5.41, 5.74) is 10.1. The van der Waals surface area contributed by atoms with E-state index in [1.54, 1.807) is 0 Å². The van der Waals surface area contributed by atoms with Crippen LogP contribution < -0.4 is 0 Å². The van der Waals surface area contributed by atoms with Gasteiger partial charge < -0.3 is 9.13 Å². The lowest BCUT2D eigenvalue weighted by atomic mass is 9.78. The number of aromatic nitrogens is 2. The first-order valence-corrected chi connectivity index (χ1v) is 12.1. The molecule has 0 aliphatic rings. The van der Waals surface area contributed by atoms with Gasteiger partial charge in [0.2, 0.25) is 0 Å². The fraction of sp³-hybridized carbons (Fsp3) is 0.259. The lowest BCUT2D eigenvalue weighted by molar-refractivity contribution is 0.628. The standard InChI is InChI=1S/C27H28Br2N2/c1-17-15-25(19(3)30(17)23-11-7-21(28)8-12-23)27(5,6)26-16-18(2)31(20(26)4)24-13-9-22(29)10-14-24/h7-16H,1-6H3. The van der Waals surface area contributed by atoms with Crippen LogP contribution in [0.2, 0.25) is 0 Å². The van der Waals surface area contributed by atoms with Crippen molar-refractivity contribution >= 4 is 31.9 Å². The molecule has 2 aromatic carbocycles. The molecule has 4 rings (SSSR count). The Morgan fingerprint density at radius 1 is 0.581 bits per heavy atom. The zero-order chi connectivity index (χ0) is 22.5. The van der Waals surface area contributed by atoms with Crippen molar-refractivity contribution in [3.8, 4) is 11.4 Å². The van der Waals surface area contributed by atoms with Crippen molar-refractivity contribution in [3.63, 3.8) is 0 Å². The third kappa shape index (κ3) is 3.85. The van der Waals surface area contributed by atoms with E-state index < -0.39 is 0 Å². The Balaban J connectivity index is 1.83. The minimum Gasteiger partial charge on any atom is -0.318 e. The van der Waals surface area contributed by atoms with Gasteiger partial charge in [-0.15, -0.1) is 0 Å². The fourth-order valence-electron chi connectivity index (χ4n) is 4.91. The number of halogens is 2. The molecule has 2 aromatic heterocycles. The van der Waals surface area contributed by atoms with Crippen LogP contribution in [0.5, 0.6) is 0 Å². The van der Waals surface area contributed by atoms with E-state index in [0.717, 1.165) is 8.95 Å². The number of benzene rings is 2. The molecule has 160 valence electrons. The van der Waals surface area contributed by atoms with Crippen LogP contribution in [0.4, 0.5) is 0 Å². The number of hydrogen-bond donors (Lipinski definition) is 0. The second-order valence-corrected chi connectivity index (χ2v) is 10.6. The van der Waals surface area contributed by atoms with Gasteiger partial charge in [-0.25, -0.2) is 0 Å². The van der Waals surface area contributed by atoms with Gasteiger partial charge in [-0.3, -0.25) is 0 Å². The highest BCUT2D eigenvalue weighted by Gasteiger charge is 2.31. The number of rotatable bonds is 4. The zero-order valence-corrected chi connectivity index (χ0v) is 22.1. The molecule has 0 atom stereocenters. The molecule has 31 heavy (non-hydrogen) atoms. The van der Waals surface area contributed by atoms with Crippen LogP contribution in [0.1, 0.15) is 47.8 Å². The number of hydrogen-bond acceptors (Lipinski definition) is 0. The Labute approximate surface area is 202 Å². The molecule has 0 bridgehead atoms. The summed E-state index contributed by atoms with van der Waals surface area (Å²) < 4.78 is 6.91. The molecule has 4 heteroatoms. The summed E-state index contributed by atoms with van der Waals surface area (Å²) in [6.45, 7) is 13.5. The molecule has 0 unspecified atom stereocenters. The van der Waals surface area contributed by atoms with Gasteiger partial charge >= 0.3 is 0 Å². The first-order valence-electron chi connectivity index (χ1n) is 10.5. The second kappa shape index (κ2) is 8.14. The molecule has 2 nitrogen and oxygen atoms in total. The van der Waals surface area contributed by atoms with E-state index in [4.69, 9.17) is 0 Å². The lowest BCUT2D eigenvalue weighted by Crippen LogP contribution is -2.21. The molecule has 0 amide bonds. The van der Waals surface area contributed by atoms with Gasteiger partial charge in [-0.1, -0.05) is 45.7 Å². The number of aryl methyl sites for hydroxylation is 2. The van der Waals surface area contributed by atoms with Gasteiger partial charge in [-0.05, 0) is 99.5 Å². The topological polar surface area (TPSA) is 9.86 Å². The van der Waals surface area contributed by atoms with E-state index in [-0.39, 0.29) is 5.41 Å². The average molecular weight is 540 g/mol. The Morgan fingerprint density at radius 2 is 0.903 bits per heavy atom. The molecule has 0 aliphatic carbocycles. The smallest absolute Gasteiger partial charge is 0.0455 e. The minimum absolute atomic E-state index is 0.120. The van der Waals surface area contributed by atoms with Gasteiger partial charge in [-0.2, -0.15) is 0 Å². The fourth-order valence-corrected chi connectivity index (χ4v) is 5.44. The molecule has 4 aromatic rings. The van der Waals surface area contributed by atoms with Crippen molar-refractivity contribution in [2.45, 2.75) is 47.0 Å². The first-order chi connectivity index (χ1) is 14.6. The molecule has 0 spiro atoms. The highest BCUT2D eigenvalue weighted by atomic mass is 79.9. The van der Waals surface area contributed by atoms with Crippen molar-refractivity contribution in [1.29, 1.82) is 0 Å². The SMILES string of the molecule is Cc1cc(C(C)(C)c2cc(C)n(-c3ccc(Br)cc3)c2C)c(C)n1-c1ccc(Br)cc1. The largest absolute Gasteiger partial charge is 0.318 e. The first kappa shape index (κ1) is 22.2. The third-order valence-electron chi connectivity index (χ3n) is 6.38. The molecular weight excluding hydrogens is 512 g/mol. The molecule has 0 fully saturated rings. The van der Waals surface area contributed by atoms with Gasteiger partial charge in [0.15, 0.2) is 0 Å². The van der Waals surface area contributed by atoms with Crippen molar-refractivity contribution in [2.75, 3.05) is 0 Å². The summed E-state index contributed by atoms with van der Waals surface area (Å²) in [6.07, 6.45) is 0. The number of nitrogens with zero attached hydrogens (tertiary/aromatic N) is 2. The summed E-state index contributed by atoms with van der Waals surface area (Å²) in [7, 11) is 0. The summed E-state index contributed by atoms with van der Waals surface area (Å²) >= 11 is 7.10. The van der Waals surface area contributed by atoms with E-state index in [0.29, 0.717) is 0 Å². The van der Waals surface area contributed by atoms with Gasteiger partial charge in [0.25, 0.3) is 0 Å². The van der Waals surface area contributed by atoms with E-state index in [9.17, 15) is 0 Å². The third-order valence-corrected chi connectivity index (χ3v) is 7.44. The van der Waals surface area contributed by atoms with E-state index in [2.05, 4.69) is 143 Å². The molecular formula is C27H28Br2N2. The summed E-state index contributed by atoms with van der Waals surface area (Å²) in [6, 6.07) is 21.8. The maximum atomic E-state index is 3.55. The summed E-state index contributed by atoms with van der Waals surface area (Å²) in [5, 5.41) is 0. The second-order valence-electron chi connectivity index (χ2n) is 8.82. The monoisotopic (exact) mass is 538 g/mol. The van der Waals surface area contributed by atoms with Crippen LogP contribution >= 0.6 is 31.9 Å². The van der Waals surface area contributed by atoms with Crippen LogP contribution in [-0.2, 0) is 5.41 Å². The molecule has 0 aliphatic heterocycles. The Morgan fingerprint density at radius 3 is 1.23 bits per heavy atom. The highest BCUT2D eigenvalue weighted by Crippen LogP contribution is 2.39. The van der Waals surface area contributed by atoms with Gasteiger partial charge in [0.05, 0.1) is 0 Å². The Kier molecular flexibility index (Phi) is 5.82. The van der Waals surface area contributed by atoms with Crippen LogP contribution in [0.15, 0.2) is 69.6 Å². The van der Waals surface area contributed by atoms with E-state index in [1.165, 1.54) is 45.3 Å². The molecule has 2 heterocycles. The van der Waals surface area contributed by atoms with Gasteiger partial charge in [0.1, 0.15) is 0 Å². The summed E-state index contributed by atoms with van der Waals surface area (Å²) in [4.78, 5) is 0. The van der Waals surface area contributed by atoms with Crippen LogP contribution in [0.25, 0.3) is 11.4 Å². The quantitative estimate of drug-likeness (QED) is 0.246. The predicted octanol–water partition coefficient (Wildman–Crippen LogP) is 8.35. The van der Waals surface area contributed by atoms with Crippen LogP contribution in [0, 0.1) is 27.7 Å². The average Bonchev–Trinajstić information content (AvgIpc) is 3.19. The van der Waals surface area contributed by atoms with E-state index >= 15 is 0 Å². The predicted molar refractivity (Wildman–Crippen MR) is 138 cm³/mol. The molecule has 0 saturated carbocycles. The zero-order valence-electron chi connectivity index (χ0n) is 18.9. The molecule has 0 N–H and O–H groups in total. The van der Waals surface area contributed by atoms with Crippen molar-refractivity contribution in [2.24, 2.45) is 0 Å². The highest BCUT2D eigenvalue weighted by molar-refractivity contribution is 9.10. The normalized spacial score (nSPS) is 11.9. The van der Waals surface area contributed by atoms with Crippen LogP contribution in [-0.4, -0.2) is 9.13 Å². The minimum atomic E-state index is -0.120. The molecule has 0 radical (unpaired) electrons. The molecule has 0 saturated heterocycles. The van der Waals surface area contributed by atoms with Crippen molar-refractivity contribution in [3.05, 3.63) is 104 Å². The van der Waals surface area contributed by atoms with E-state index in [1.807, 2.05) is 0 Å². The Bertz CT molecular complexity index is 1140. The summed E-state index contributed by atoms with van der Waals surface area (Å²) in [5.74, 6) is 0. The van der Waals surface area contributed by atoms with Crippen molar-refractivity contribution in [1.82, 2.24) is 9.13 Å². The Hall–Kier alpha value is -2.04. The van der Waals surface area contributed by atoms with Gasteiger partial charge in [0, 0.05) is 48.5 Å². The van der Waals surface area contributed by atoms with Crippen LogP contribution in [0.3, 0.4) is 0 Å². The van der Waals surface area contributed by atoms with Crippen molar-refractivity contribution < 1.29 is 0 Å². The maximum Gasteiger partial charge on any atom is 0.0455 e.